The molecular formula is C16H22N6O. The van der Waals surface area contributed by atoms with Gasteiger partial charge in [0.05, 0.1) is 5.69 Å². The van der Waals surface area contributed by atoms with Crippen molar-refractivity contribution >= 4 is 11.7 Å². The zero-order valence-electron chi connectivity index (χ0n) is 13.6. The monoisotopic (exact) mass is 314 g/mol. The Balaban J connectivity index is 1.64. The van der Waals surface area contributed by atoms with Gasteiger partial charge in [-0.1, -0.05) is 0 Å². The SMILES string of the molecule is Cc1ccc(N2CCCN(C(=O)[C@H](C)n3cccn3)CC2)nn1. The van der Waals surface area contributed by atoms with E-state index in [1.165, 1.54) is 0 Å². The summed E-state index contributed by atoms with van der Waals surface area (Å²) in [6.07, 6.45) is 4.45. The molecule has 0 aliphatic carbocycles. The number of anilines is 1. The van der Waals surface area contributed by atoms with Crippen molar-refractivity contribution in [2.75, 3.05) is 31.1 Å². The number of carbonyl (C=O) groups excluding carboxylic acids is 1. The largest absolute Gasteiger partial charge is 0.353 e. The van der Waals surface area contributed by atoms with Crippen LogP contribution in [0, 0.1) is 6.92 Å². The lowest BCUT2D eigenvalue weighted by molar-refractivity contribution is -0.134. The van der Waals surface area contributed by atoms with Gasteiger partial charge >= 0.3 is 0 Å². The maximum Gasteiger partial charge on any atom is 0.247 e. The molecule has 1 atom stereocenters. The normalized spacial score (nSPS) is 17.0. The second-order valence-electron chi connectivity index (χ2n) is 5.86. The lowest BCUT2D eigenvalue weighted by Crippen LogP contribution is -2.39. The lowest BCUT2D eigenvalue weighted by Gasteiger charge is -2.25. The minimum atomic E-state index is -0.268. The van der Waals surface area contributed by atoms with Crippen molar-refractivity contribution in [3.63, 3.8) is 0 Å². The summed E-state index contributed by atoms with van der Waals surface area (Å²) in [5.41, 5.74) is 0.911. The standard InChI is InChI=1S/C16H22N6O/c1-13-5-6-15(19-18-13)20-8-4-9-21(12-11-20)16(23)14(2)22-10-3-7-17-22/h3,5-7,10,14H,4,8-9,11-12H2,1-2H3/t14-/m0/s1. The molecule has 1 amide bonds. The Kier molecular flexibility index (Phi) is 4.55. The van der Waals surface area contributed by atoms with Crippen LogP contribution in [0.3, 0.4) is 0 Å². The van der Waals surface area contributed by atoms with E-state index < -0.39 is 0 Å². The average molecular weight is 314 g/mol. The highest BCUT2D eigenvalue weighted by molar-refractivity contribution is 5.80. The molecule has 0 radical (unpaired) electrons. The summed E-state index contributed by atoms with van der Waals surface area (Å²) in [5.74, 6) is 0.996. The van der Waals surface area contributed by atoms with Gasteiger partial charge in [-0.05, 0) is 38.5 Å². The molecule has 7 heteroatoms. The molecule has 0 N–H and O–H groups in total. The minimum Gasteiger partial charge on any atom is -0.353 e. The maximum atomic E-state index is 12.7. The topological polar surface area (TPSA) is 67.2 Å². The molecule has 0 bridgehead atoms. The summed E-state index contributed by atoms with van der Waals surface area (Å²) < 4.78 is 1.70. The molecule has 0 saturated carbocycles. The Morgan fingerprint density at radius 3 is 2.74 bits per heavy atom. The van der Waals surface area contributed by atoms with Gasteiger partial charge in [0.1, 0.15) is 6.04 Å². The molecule has 7 nitrogen and oxygen atoms in total. The number of carbonyl (C=O) groups is 1. The molecule has 1 saturated heterocycles. The van der Waals surface area contributed by atoms with Crippen molar-refractivity contribution in [3.05, 3.63) is 36.3 Å². The third-order valence-electron chi connectivity index (χ3n) is 4.19. The summed E-state index contributed by atoms with van der Waals surface area (Å²) in [7, 11) is 0. The molecule has 1 aliphatic heterocycles. The lowest BCUT2D eigenvalue weighted by atomic mass is 10.2. The molecule has 0 unspecified atom stereocenters. The zero-order chi connectivity index (χ0) is 16.2. The molecule has 2 aromatic rings. The molecule has 1 aliphatic rings. The van der Waals surface area contributed by atoms with E-state index in [4.69, 9.17) is 0 Å². The maximum absolute atomic E-state index is 12.7. The Bertz CT molecular complexity index is 639. The van der Waals surface area contributed by atoms with Crippen LogP contribution < -0.4 is 4.90 Å². The summed E-state index contributed by atoms with van der Waals surface area (Å²) in [6.45, 7) is 6.94. The number of nitrogens with zero attached hydrogens (tertiary/aromatic N) is 6. The molecule has 3 rings (SSSR count). The van der Waals surface area contributed by atoms with E-state index in [-0.39, 0.29) is 11.9 Å². The number of aromatic nitrogens is 4. The van der Waals surface area contributed by atoms with E-state index in [0.29, 0.717) is 6.54 Å². The van der Waals surface area contributed by atoms with Gasteiger partial charge in [-0.3, -0.25) is 9.48 Å². The zero-order valence-corrected chi connectivity index (χ0v) is 13.6. The van der Waals surface area contributed by atoms with Gasteiger partial charge in [-0.15, -0.1) is 5.10 Å². The quantitative estimate of drug-likeness (QED) is 0.854. The van der Waals surface area contributed by atoms with Crippen molar-refractivity contribution in [1.82, 2.24) is 24.9 Å². The van der Waals surface area contributed by atoms with Crippen LogP contribution in [0.2, 0.25) is 0 Å². The van der Waals surface area contributed by atoms with Crippen LogP contribution in [0.15, 0.2) is 30.6 Å². The van der Waals surface area contributed by atoms with E-state index in [9.17, 15) is 4.79 Å². The highest BCUT2D eigenvalue weighted by Crippen LogP contribution is 2.15. The predicted octanol–water partition coefficient (Wildman–Crippen LogP) is 1.28. The van der Waals surface area contributed by atoms with Crippen LogP contribution in [-0.4, -0.2) is 57.0 Å². The smallest absolute Gasteiger partial charge is 0.247 e. The number of rotatable bonds is 3. The first kappa shape index (κ1) is 15.5. The Morgan fingerprint density at radius 2 is 2.04 bits per heavy atom. The van der Waals surface area contributed by atoms with Gasteiger partial charge in [-0.25, -0.2) is 0 Å². The number of hydrogen-bond acceptors (Lipinski definition) is 5. The van der Waals surface area contributed by atoms with Crippen molar-refractivity contribution in [1.29, 1.82) is 0 Å². The van der Waals surface area contributed by atoms with Crippen molar-refractivity contribution in [3.8, 4) is 0 Å². The fourth-order valence-electron chi connectivity index (χ4n) is 2.81. The molecule has 0 aromatic carbocycles. The molecule has 3 heterocycles. The second kappa shape index (κ2) is 6.76. The van der Waals surface area contributed by atoms with Gasteiger partial charge in [0, 0.05) is 38.6 Å². The van der Waals surface area contributed by atoms with Gasteiger partial charge in [0.15, 0.2) is 5.82 Å². The van der Waals surface area contributed by atoms with Crippen molar-refractivity contribution < 1.29 is 4.79 Å². The summed E-state index contributed by atoms with van der Waals surface area (Å²) >= 11 is 0. The minimum absolute atomic E-state index is 0.116. The predicted molar refractivity (Wildman–Crippen MR) is 87.1 cm³/mol. The number of aryl methyl sites for hydroxylation is 1. The van der Waals surface area contributed by atoms with E-state index in [2.05, 4.69) is 20.2 Å². The Morgan fingerprint density at radius 1 is 1.17 bits per heavy atom. The van der Waals surface area contributed by atoms with Crippen molar-refractivity contribution in [2.45, 2.75) is 26.3 Å². The van der Waals surface area contributed by atoms with E-state index in [0.717, 1.165) is 37.6 Å². The molecule has 122 valence electrons. The highest BCUT2D eigenvalue weighted by Gasteiger charge is 2.25. The van der Waals surface area contributed by atoms with E-state index in [1.807, 2.05) is 43.1 Å². The van der Waals surface area contributed by atoms with Crippen LogP contribution in [0.25, 0.3) is 0 Å². The van der Waals surface area contributed by atoms with E-state index >= 15 is 0 Å². The first-order valence-corrected chi connectivity index (χ1v) is 7.98. The van der Waals surface area contributed by atoms with Crippen LogP contribution in [0.1, 0.15) is 25.1 Å². The Labute approximate surface area is 135 Å². The highest BCUT2D eigenvalue weighted by atomic mass is 16.2. The van der Waals surface area contributed by atoms with Gasteiger partial charge in [0.2, 0.25) is 5.91 Å². The van der Waals surface area contributed by atoms with Gasteiger partial charge in [-0.2, -0.15) is 10.2 Å². The van der Waals surface area contributed by atoms with Gasteiger partial charge in [0.25, 0.3) is 0 Å². The van der Waals surface area contributed by atoms with Crippen LogP contribution >= 0.6 is 0 Å². The first-order valence-electron chi connectivity index (χ1n) is 7.98. The molecule has 0 spiro atoms. The molecule has 1 fully saturated rings. The average Bonchev–Trinajstić information content (AvgIpc) is 2.99. The molecule has 23 heavy (non-hydrogen) atoms. The first-order chi connectivity index (χ1) is 11.1. The fourth-order valence-corrected chi connectivity index (χ4v) is 2.81. The third kappa shape index (κ3) is 3.49. The summed E-state index contributed by atoms with van der Waals surface area (Å²) in [4.78, 5) is 16.8. The van der Waals surface area contributed by atoms with Crippen molar-refractivity contribution in [2.24, 2.45) is 0 Å². The van der Waals surface area contributed by atoms with Crippen LogP contribution in [0.4, 0.5) is 5.82 Å². The number of hydrogen-bond donors (Lipinski definition) is 0. The summed E-state index contributed by atoms with van der Waals surface area (Å²) in [5, 5.41) is 12.5. The fraction of sp³-hybridized carbons (Fsp3) is 0.500. The second-order valence-corrected chi connectivity index (χ2v) is 5.86. The Hall–Kier alpha value is -2.44. The molecular weight excluding hydrogens is 292 g/mol. The van der Waals surface area contributed by atoms with E-state index in [1.54, 1.807) is 10.9 Å². The van der Waals surface area contributed by atoms with Crippen LogP contribution in [-0.2, 0) is 4.79 Å². The molecule has 2 aromatic heterocycles. The summed E-state index contributed by atoms with van der Waals surface area (Å²) in [6, 6.07) is 5.53. The third-order valence-corrected chi connectivity index (χ3v) is 4.19. The number of amides is 1. The van der Waals surface area contributed by atoms with Gasteiger partial charge < -0.3 is 9.80 Å². The van der Waals surface area contributed by atoms with Crippen LogP contribution in [0.5, 0.6) is 0 Å².